The molecule has 0 aliphatic heterocycles. The molecule has 0 fully saturated rings. The van der Waals surface area contributed by atoms with Crippen molar-refractivity contribution in [1.29, 1.82) is 0 Å². The van der Waals surface area contributed by atoms with Gasteiger partial charge in [-0.3, -0.25) is 0 Å². The Morgan fingerprint density at radius 3 is 2.39 bits per heavy atom. The van der Waals surface area contributed by atoms with Crippen LogP contribution in [0.15, 0.2) is 36.4 Å². The van der Waals surface area contributed by atoms with Crippen LogP contribution in [0.2, 0.25) is 0 Å². The first-order chi connectivity index (χ1) is 8.15. The minimum Gasteiger partial charge on any atom is -0.195 e. The van der Waals surface area contributed by atoms with Crippen LogP contribution < -0.4 is 0 Å². The second-order valence-corrected chi connectivity index (χ2v) is 4.73. The molecule has 0 aromatic heterocycles. The topological polar surface area (TPSA) is 0 Å². The van der Waals surface area contributed by atoms with Gasteiger partial charge in [-0.05, 0) is 0 Å². The molecule has 3 aromatic carbocycles. The molecule has 0 atom stereocenters. The minimum absolute atomic E-state index is 0. The molecule has 0 nitrogen and oxygen atoms in total. The Kier molecular flexibility index (Phi) is 3.50. The molecule has 0 aliphatic carbocycles. The predicted molar refractivity (Wildman–Crippen MR) is 74.2 cm³/mol. The monoisotopic (exact) mass is 402 g/mol. The van der Waals surface area contributed by atoms with Gasteiger partial charge in [-0.25, -0.2) is 0 Å². The van der Waals surface area contributed by atoms with Crippen LogP contribution in [0.5, 0.6) is 0 Å². The van der Waals surface area contributed by atoms with E-state index < -0.39 is 0 Å². The summed E-state index contributed by atoms with van der Waals surface area (Å²) >= 11 is 0. The molecule has 0 aliphatic rings. The van der Waals surface area contributed by atoms with E-state index in [9.17, 15) is 0 Å². The molecule has 0 saturated heterocycles. The molecular weight excluding hydrogens is 388 g/mol. The van der Waals surface area contributed by atoms with Crippen molar-refractivity contribution in [3.63, 3.8) is 0 Å². The van der Waals surface area contributed by atoms with Gasteiger partial charge in [0.05, 0.1) is 0 Å². The van der Waals surface area contributed by atoms with E-state index in [0.29, 0.717) is 0 Å². The van der Waals surface area contributed by atoms with E-state index >= 15 is 0 Å². The number of rotatable bonds is 0. The number of fused-ring (bicyclic) bond motifs is 3. The fraction of sp³-hybridized carbons (Fsp3) is 0.118. The van der Waals surface area contributed by atoms with Gasteiger partial charge in [0.25, 0.3) is 0 Å². The molecule has 0 spiro atoms. The van der Waals surface area contributed by atoms with Crippen LogP contribution in [-0.2, 0) is 21.1 Å². The number of hydrogen-bond donors (Lipinski definition) is 0. The molecule has 0 N–H and O–H groups in total. The van der Waals surface area contributed by atoms with Crippen LogP contribution >= 0.6 is 0 Å². The van der Waals surface area contributed by atoms with Gasteiger partial charge >= 0.3 is 21.1 Å². The summed E-state index contributed by atoms with van der Waals surface area (Å²) in [6, 6.07) is 16.3. The van der Waals surface area contributed by atoms with Crippen LogP contribution in [0.4, 0.5) is 0 Å². The molecule has 88 valence electrons. The van der Waals surface area contributed by atoms with Crippen LogP contribution in [0.25, 0.3) is 21.5 Å². The van der Waals surface area contributed by atoms with Crippen molar-refractivity contribution in [2.75, 3.05) is 0 Å². The van der Waals surface area contributed by atoms with E-state index in [-0.39, 0.29) is 21.1 Å². The summed E-state index contributed by atoms with van der Waals surface area (Å²) in [5, 5.41) is 4.90. The quantitative estimate of drug-likeness (QED) is 0.381. The van der Waals surface area contributed by atoms with Crippen molar-refractivity contribution in [1.82, 2.24) is 0 Å². The normalized spacial score (nSPS) is 10.6. The van der Waals surface area contributed by atoms with E-state index in [0.717, 1.165) is 5.56 Å². The van der Waals surface area contributed by atoms with Crippen molar-refractivity contribution in [2.24, 2.45) is 0 Å². The maximum absolute atomic E-state index is 4.16. The largest absolute Gasteiger partial charge is 2.00 e. The Morgan fingerprint density at radius 2 is 1.61 bits per heavy atom. The molecule has 0 heterocycles. The van der Waals surface area contributed by atoms with E-state index in [2.05, 4.69) is 57.2 Å². The van der Waals surface area contributed by atoms with E-state index in [1.54, 1.807) is 0 Å². The van der Waals surface area contributed by atoms with Gasteiger partial charge in [-0.2, -0.15) is 18.6 Å². The maximum atomic E-state index is 4.16. The standard InChI is InChI=1S/C17H14.W/c1-11-4-7-16-14(9-11)5-6-15-10-12(2)8-13(3)17(15)16;/h4-6,8-10H,3H2,1-2H3;/q-2;+2. The minimum atomic E-state index is 0. The fourth-order valence-electron chi connectivity index (χ4n) is 2.48. The van der Waals surface area contributed by atoms with Gasteiger partial charge in [0.1, 0.15) is 0 Å². The van der Waals surface area contributed by atoms with E-state index in [4.69, 9.17) is 0 Å². The molecular formula is C17H14W. The fourth-order valence-corrected chi connectivity index (χ4v) is 2.48. The van der Waals surface area contributed by atoms with Crippen molar-refractivity contribution in [3.8, 4) is 0 Å². The zero-order valence-corrected chi connectivity index (χ0v) is 13.5. The maximum Gasteiger partial charge on any atom is 2.00 e. The van der Waals surface area contributed by atoms with Crippen LogP contribution in [0.3, 0.4) is 0 Å². The summed E-state index contributed by atoms with van der Waals surface area (Å²) in [6.07, 6.45) is 0. The molecule has 0 saturated carbocycles. The number of benzene rings is 3. The van der Waals surface area contributed by atoms with Crippen molar-refractivity contribution in [3.05, 3.63) is 66.1 Å². The first-order valence-electron chi connectivity index (χ1n) is 5.82. The van der Waals surface area contributed by atoms with Crippen LogP contribution in [-0.4, -0.2) is 0 Å². The molecule has 3 rings (SSSR count). The van der Waals surface area contributed by atoms with Gasteiger partial charge in [-0.15, -0.1) is 45.5 Å². The Hall–Kier alpha value is -1.26. The van der Waals surface area contributed by atoms with Gasteiger partial charge in [-0.1, -0.05) is 37.4 Å². The second-order valence-electron chi connectivity index (χ2n) is 4.73. The molecule has 0 unspecified atom stereocenters. The van der Waals surface area contributed by atoms with Gasteiger partial charge < -0.3 is 0 Å². The first kappa shape index (κ1) is 13.2. The number of hydrogen-bond acceptors (Lipinski definition) is 0. The van der Waals surface area contributed by atoms with E-state index in [1.165, 1.54) is 32.7 Å². The summed E-state index contributed by atoms with van der Waals surface area (Å²) in [7, 11) is 0. The van der Waals surface area contributed by atoms with Crippen molar-refractivity contribution >= 4 is 21.5 Å². The summed E-state index contributed by atoms with van der Waals surface area (Å²) in [5.74, 6) is 0. The first-order valence-corrected chi connectivity index (χ1v) is 5.82. The summed E-state index contributed by atoms with van der Waals surface area (Å²) in [5.41, 5.74) is 3.59. The zero-order chi connectivity index (χ0) is 12.0. The SMILES string of the molecule is [CH2-]c1cc(C)cc2ccc3cc(C)c[c-]c3c12.[W+2]. The summed E-state index contributed by atoms with van der Waals surface area (Å²) < 4.78 is 0. The van der Waals surface area contributed by atoms with Crippen LogP contribution in [0, 0.1) is 26.8 Å². The third-order valence-corrected chi connectivity index (χ3v) is 3.20. The second kappa shape index (κ2) is 4.78. The predicted octanol–water partition coefficient (Wildman–Crippen LogP) is 4.59. The summed E-state index contributed by atoms with van der Waals surface area (Å²) in [6.45, 7) is 8.37. The van der Waals surface area contributed by atoms with Gasteiger partial charge in [0.2, 0.25) is 0 Å². The van der Waals surface area contributed by atoms with E-state index in [1.807, 2.05) is 6.07 Å². The van der Waals surface area contributed by atoms with Crippen molar-refractivity contribution in [2.45, 2.75) is 13.8 Å². The molecule has 18 heavy (non-hydrogen) atoms. The third-order valence-electron chi connectivity index (χ3n) is 3.20. The van der Waals surface area contributed by atoms with Gasteiger partial charge in [0.15, 0.2) is 0 Å². The van der Waals surface area contributed by atoms with Crippen molar-refractivity contribution < 1.29 is 21.1 Å². The molecule has 0 bridgehead atoms. The average Bonchev–Trinajstić information content (AvgIpc) is 2.28. The van der Waals surface area contributed by atoms with Gasteiger partial charge in [0, 0.05) is 0 Å². The Balaban J connectivity index is 0.00000120. The van der Waals surface area contributed by atoms with Crippen LogP contribution in [0.1, 0.15) is 16.7 Å². The number of aryl methyl sites for hydroxylation is 2. The third kappa shape index (κ3) is 2.06. The summed E-state index contributed by atoms with van der Waals surface area (Å²) in [4.78, 5) is 0. The molecule has 0 radical (unpaired) electrons. The molecule has 0 amide bonds. The molecule has 3 aromatic rings. The molecule has 1 heteroatoms. The zero-order valence-electron chi connectivity index (χ0n) is 10.6. The smallest absolute Gasteiger partial charge is 0.195 e. The Bertz CT molecular complexity index is 726. The average molecular weight is 402 g/mol. The Morgan fingerprint density at radius 1 is 0.944 bits per heavy atom. The Labute approximate surface area is 122 Å².